The fourth-order valence-corrected chi connectivity index (χ4v) is 4.70. The number of amides is 1. The van der Waals surface area contributed by atoms with Gasteiger partial charge in [0.1, 0.15) is 0 Å². The number of fused-ring (bicyclic) bond motifs is 1. The molecule has 1 saturated heterocycles. The van der Waals surface area contributed by atoms with Gasteiger partial charge >= 0.3 is 5.69 Å². The molecule has 4 rings (SSSR count). The predicted octanol–water partition coefficient (Wildman–Crippen LogP) is 3.07. The standard InChI is InChI=1S/C20H28N4O2.ClH/c1-13-8-9-23(16(10-13)12-21)19(25)14-6-7-18-17(11-14)22-20(26)24(18)15-4-2-3-5-15;/h6-7,11,13,15-16H,2-5,8-10,12,21H2,1H3,(H,22,26);1H. The number of benzene rings is 1. The molecule has 2 atom stereocenters. The Labute approximate surface area is 165 Å². The molecule has 1 aromatic carbocycles. The average Bonchev–Trinajstić information content (AvgIpc) is 3.26. The third-order valence-corrected chi connectivity index (χ3v) is 6.16. The van der Waals surface area contributed by atoms with E-state index in [4.69, 9.17) is 5.73 Å². The number of rotatable bonds is 3. The molecule has 1 aliphatic heterocycles. The van der Waals surface area contributed by atoms with Crippen LogP contribution in [-0.4, -0.2) is 39.5 Å². The van der Waals surface area contributed by atoms with Crippen LogP contribution in [-0.2, 0) is 0 Å². The maximum Gasteiger partial charge on any atom is 0.326 e. The molecule has 1 saturated carbocycles. The largest absolute Gasteiger partial charge is 0.334 e. The summed E-state index contributed by atoms with van der Waals surface area (Å²) in [5.74, 6) is 0.621. The maximum absolute atomic E-state index is 13.0. The van der Waals surface area contributed by atoms with E-state index in [0.717, 1.165) is 43.3 Å². The number of imidazole rings is 1. The Kier molecular flexibility index (Phi) is 5.96. The zero-order chi connectivity index (χ0) is 18.3. The number of aromatic amines is 1. The number of carbonyl (C=O) groups is 1. The second-order valence-electron chi connectivity index (χ2n) is 7.99. The first-order valence-electron chi connectivity index (χ1n) is 9.83. The van der Waals surface area contributed by atoms with E-state index in [-0.39, 0.29) is 36.1 Å². The molecule has 0 spiro atoms. The Balaban J connectivity index is 0.00000210. The van der Waals surface area contributed by atoms with Gasteiger partial charge in [0.2, 0.25) is 0 Å². The van der Waals surface area contributed by atoms with E-state index in [1.165, 1.54) is 12.8 Å². The number of carbonyl (C=O) groups excluding carboxylic acids is 1. The van der Waals surface area contributed by atoms with Crippen LogP contribution in [0, 0.1) is 5.92 Å². The molecular formula is C20H29ClN4O2. The number of hydrogen-bond donors (Lipinski definition) is 2. The van der Waals surface area contributed by atoms with Crippen molar-refractivity contribution < 1.29 is 4.79 Å². The number of aromatic nitrogens is 2. The summed E-state index contributed by atoms with van der Waals surface area (Å²) in [6, 6.07) is 5.99. The number of hydrogen-bond acceptors (Lipinski definition) is 3. The summed E-state index contributed by atoms with van der Waals surface area (Å²) in [7, 11) is 0. The first-order valence-corrected chi connectivity index (χ1v) is 9.83. The molecule has 7 heteroatoms. The van der Waals surface area contributed by atoms with Crippen molar-refractivity contribution in [2.24, 2.45) is 11.7 Å². The van der Waals surface area contributed by atoms with Gasteiger partial charge in [-0.1, -0.05) is 19.8 Å². The molecule has 2 aromatic rings. The summed E-state index contributed by atoms with van der Waals surface area (Å²) >= 11 is 0. The summed E-state index contributed by atoms with van der Waals surface area (Å²) in [5, 5.41) is 0. The zero-order valence-corrected chi connectivity index (χ0v) is 16.6. The zero-order valence-electron chi connectivity index (χ0n) is 15.8. The number of nitrogens with one attached hydrogen (secondary N) is 1. The van der Waals surface area contributed by atoms with Crippen LogP contribution < -0.4 is 11.4 Å². The molecular weight excluding hydrogens is 364 g/mol. The third-order valence-electron chi connectivity index (χ3n) is 6.16. The van der Waals surface area contributed by atoms with Crippen molar-refractivity contribution in [2.75, 3.05) is 13.1 Å². The highest BCUT2D eigenvalue weighted by atomic mass is 35.5. The molecule has 27 heavy (non-hydrogen) atoms. The lowest BCUT2D eigenvalue weighted by Crippen LogP contribution is -2.49. The molecule has 1 aromatic heterocycles. The van der Waals surface area contributed by atoms with E-state index in [2.05, 4.69) is 11.9 Å². The van der Waals surface area contributed by atoms with Gasteiger partial charge in [0.05, 0.1) is 11.0 Å². The fraction of sp³-hybridized carbons (Fsp3) is 0.600. The quantitative estimate of drug-likeness (QED) is 0.841. The van der Waals surface area contributed by atoms with Gasteiger partial charge in [0, 0.05) is 30.7 Å². The maximum atomic E-state index is 13.0. The molecule has 6 nitrogen and oxygen atoms in total. The summed E-state index contributed by atoms with van der Waals surface area (Å²) in [5.41, 5.74) is 8.13. The number of piperidine rings is 1. The van der Waals surface area contributed by atoms with Crippen LogP contribution in [0.1, 0.15) is 61.8 Å². The SMILES string of the molecule is CC1CCN(C(=O)c2ccc3c(c2)[nH]c(=O)n3C2CCCC2)C(CN)C1.Cl. The molecule has 0 bridgehead atoms. The van der Waals surface area contributed by atoms with Gasteiger partial charge in [-0.2, -0.15) is 0 Å². The van der Waals surface area contributed by atoms with E-state index in [1.807, 2.05) is 27.7 Å². The Morgan fingerprint density at radius 3 is 2.70 bits per heavy atom. The lowest BCUT2D eigenvalue weighted by atomic mass is 9.92. The summed E-state index contributed by atoms with van der Waals surface area (Å²) in [6.45, 7) is 3.46. The normalized spacial score (nSPS) is 23.6. The van der Waals surface area contributed by atoms with E-state index in [0.29, 0.717) is 18.0 Å². The van der Waals surface area contributed by atoms with Gasteiger partial charge in [0.25, 0.3) is 5.91 Å². The summed E-state index contributed by atoms with van der Waals surface area (Å²) in [4.78, 5) is 30.3. The van der Waals surface area contributed by atoms with Gasteiger partial charge in [-0.15, -0.1) is 12.4 Å². The predicted molar refractivity (Wildman–Crippen MR) is 110 cm³/mol. The average molecular weight is 393 g/mol. The van der Waals surface area contributed by atoms with Gasteiger partial charge in [-0.05, 0) is 49.8 Å². The lowest BCUT2D eigenvalue weighted by Gasteiger charge is -2.38. The Bertz CT molecular complexity index is 868. The van der Waals surface area contributed by atoms with Gasteiger partial charge < -0.3 is 15.6 Å². The number of nitrogens with two attached hydrogens (primary N) is 1. The van der Waals surface area contributed by atoms with Crippen LogP contribution >= 0.6 is 12.4 Å². The molecule has 148 valence electrons. The number of H-pyrrole nitrogens is 1. The highest BCUT2D eigenvalue weighted by Crippen LogP contribution is 2.31. The summed E-state index contributed by atoms with van der Waals surface area (Å²) < 4.78 is 1.88. The van der Waals surface area contributed by atoms with E-state index >= 15 is 0 Å². The monoisotopic (exact) mass is 392 g/mol. The van der Waals surface area contributed by atoms with Gasteiger partial charge in [-0.25, -0.2) is 4.79 Å². The molecule has 3 N–H and O–H groups in total. The van der Waals surface area contributed by atoms with Crippen molar-refractivity contribution in [2.45, 2.75) is 57.5 Å². The minimum absolute atomic E-state index is 0. The van der Waals surface area contributed by atoms with Crippen LogP contribution in [0.2, 0.25) is 0 Å². The minimum atomic E-state index is -0.0665. The fourth-order valence-electron chi connectivity index (χ4n) is 4.70. The molecule has 2 unspecified atom stereocenters. The highest BCUT2D eigenvalue weighted by Gasteiger charge is 2.30. The van der Waals surface area contributed by atoms with Crippen LogP contribution in [0.5, 0.6) is 0 Å². The Hall–Kier alpha value is -1.79. The van der Waals surface area contributed by atoms with Crippen LogP contribution in [0.25, 0.3) is 11.0 Å². The van der Waals surface area contributed by atoms with Crippen molar-refractivity contribution in [1.29, 1.82) is 0 Å². The number of nitrogens with zero attached hydrogens (tertiary/aromatic N) is 2. The van der Waals surface area contributed by atoms with Crippen LogP contribution in [0.15, 0.2) is 23.0 Å². The molecule has 2 aliphatic rings. The third kappa shape index (κ3) is 3.65. The number of halogens is 1. The van der Waals surface area contributed by atoms with E-state index < -0.39 is 0 Å². The van der Waals surface area contributed by atoms with Crippen molar-refractivity contribution in [3.63, 3.8) is 0 Å². The number of likely N-dealkylation sites (tertiary alicyclic amines) is 1. The lowest BCUT2D eigenvalue weighted by molar-refractivity contribution is 0.0574. The van der Waals surface area contributed by atoms with Gasteiger partial charge in [0.15, 0.2) is 0 Å². The van der Waals surface area contributed by atoms with E-state index in [1.54, 1.807) is 0 Å². The highest BCUT2D eigenvalue weighted by molar-refractivity contribution is 5.97. The van der Waals surface area contributed by atoms with Gasteiger partial charge in [-0.3, -0.25) is 9.36 Å². The Morgan fingerprint density at radius 2 is 2.00 bits per heavy atom. The molecule has 1 aliphatic carbocycles. The second kappa shape index (κ2) is 8.07. The first kappa shape index (κ1) is 20.0. The molecule has 2 heterocycles. The van der Waals surface area contributed by atoms with Crippen molar-refractivity contribution in [3.8, 4) is 0 Å². The van der Waals surface area contributed by atoms with Crippen molar-refractivity contribution >= 4 is 29.3 Å². The topological polar surface area (TPSA) is 84.1 Å². The van der Waals surface area contributed by atoms with E-state index in [9.17, 15) is 9.59 Å². The molecule has 2 fully saturated rings. The van der Waals surface area contributed by atoms with Crippen LogP contribution in [0.3, 0.4) is 0 Å². The second-order valence-corrected chi connectivity index (χ2v) is 7.99. The molecule has 1 amide bonds. The first-order chi connectivity index (χ1) is 12.6. The van der Waals surface area contributed by atoms with Crippen LogP contribution in [0.4, 0.5) is 0 Å². The minimum Gasteiger partial charge on any atom is -0.334 e. The van der Waals surface area contributed by atoms with Crippen molar-refractivity contribution in [3.05, 3.63) is 34.2 Å². The smallest absolute Gasteiger partial charge is 0.326 e. The van der Waals surface area contributed by atoms with Crippen molar-refractivity contribution in [1.82, 2.24) is 14.5 Å². The molecule has 0 radical (unpaired) electrons. The summed E-state index contributed by atoms with van der Waals surface area (Å²) in [6.07, 6.45) is 6.43. The Morgan fingerprint density at radius 1 is 1.26 bits per heavy atom.